The number of phosphoric acid groups is 1. The number of carboxylic acids is 1. The summed E-state index contributed by atoms with van der Waals surface area (Å²) in [6, 6.07) is 0. The molecule has 0 aliphatic carbocycles. The van der Waals surface area contributed by atoms with E-state index in [0.717, 1.165) is 32.1 Å². The van der Waals surface area contributed by atoms with Crippen molar-refractivity contribution in [1.29, 1.82) is 0 Å². The number of hydrogen-bond donors (Lipinski definition) is 1. The number of rotatable bonds is 23. The summed E-state index contributed by atoms with van der Waals surface area (Å²) >= 11 is 0. The second-order valence-electron chi connectivity index (χ2n) is 9.62. The van der Waals surface area contributed by atoms with E-state index < -0.39 is 13.8 Å². The molecule has 0 radical (unpaired) electrons. The van der Waals surface area contributed by atoms with Gasteiger partial charge < -0.3 is 24.2 Å². The number of aliphatic carboxylic acids is 1. The van der Waals surface area contributed by atoms with E-state index in [1.807, 2.05) is 0 Å². The molecule has 0 spiro atoms. The first kappa shape index (κ1) is 38.9. The van der Waals surface area contributed by atoms with Gasteiger partial charge in [-0.2, -0.15) is 0 Å². The fraction of sp³-hybridized carbons (Fsp3) is 0.962. The normalized spacial score (nSPS) is 12.5. The first-order valence-electron chi connectivity index (χ1n) is 13.6. The predicted octanol–water partition coefficient (Wildman–Crippen LogP) is 6.30. The van der Waals surface area contributed by atoms with Crippen molar-refractivity contribution in [3.63, 3.8) is 0 Å². The van der Waals surface area contributed by atoms with Gasteiger partial charge in [-0.3, -0.25) is 4.57 Å². The molecular formula is C26H53MgO6P. The Labute approximate surface area is 226 Å². The summed E-state index contributed by atoms with van der Waals surface area (Å²) in [5.74, 6) is -0.218. The molecule has 34 heavy (non-hydrogen) atoms. The topological polar surface area (TPSA) is 110 Å². The van der Waals surface area contributed by atoms with Crippen LogP contribution in [0.25, 0.3) is 0 Å². The zero-order chi connectivity index (χ0) is 25.2. The molecule has 0 bridgehead atoms. The van der Waals surface area contributed by atoms with E-state index in [1.54, 1.807) is 0 Å². The largest absolute Gasteiger partial charge is 2.00 e. The molecule has 0 aliphatic heterocycles. The van der Waals surface area contributed by atoms with E-state index >= 15 is 0 Å². The van der Waals surface area contributed by atoms with Crippen molar-refractivity contribution in [2.45, 2.75) is 149 Å². The van der Waals surface area contributed by atoms with E-state index in [9.17, 15) is 19.4 Å². The van der Waals surface area contributed by atoms with Gasteiger partial charge in [-0.15, -0.1) is 0 Å². The molecule has 0 rings (SSSR count). The van der Waals surface area contributed by atoms with Crippen LogP contribution < -0.4 is 10.00 Å². The van der Waals surface area contributed by atoms with E-state index in [1.165, 1.54) is 83.5 Å². The first-order valence-corrected chi connectivity index (χ1v) is 15.1. The standard InChI is InChI=1S/C18H36O2.C8H19O4P.Mg/c1-2-3-4-5-6-7-8-9-10-11-12-13-14-15-16-17-18(19)20;1-8(2)6-4-3-5-7-12-13(9,10)11;/h2-17H2,1H3,(H,19,20);8H,3-7H2,1-2H3,(H2,9,10,11);/q;;+2/p-2. The van der Waals surface area contributed by atoms with E-state index in [4.69, 9.17) is 4.89 Å². The van der Waals surface area contributed by atoms with Crippen LogP contribution in [0.5, 0.6) is 0 Å². The Morgan fingerprint density at radius 1 is 0.765 bits per heavy atom. The Bertz CT molecular complexity index is 457. The van der Waals surface area contributed by atoms with Crippen molar-refractivity contribution in [3.05, 3.63) is 0 Å². The van der Waals surface area contributed by atoms with Gasteiger partial charge >= 0.3 is 23.1 Å². The van der Waals surface area contributed by atoms with Crippen LogP contribution in [-0.2, 0) is 13.9 Å². The van der Waals surface area contributed by atoms with Gasteiger partial charge in [0.2, 0.25) is 0 Å². The average Bonchev–Trinajstić information content (AvgIpc) is 2.72. The van der Waals surface area contributed by atoms with Crippen LogP contribution in [0.1, 0.15) is 149 Å². The molecule has 0 heterocycles. The van der Waals surface area contributed by atoms with Gasteiger partial charge in [0.05, 0.1) is 6.61 Å². The SMILES string of the molecule is CC(C)CCCCCOP(=O)([O-])O.CCCCCCCCCCCCCCCCCC(=O)[O-].[Mg+2]. The van der Waals surface area contributed by atoms with Crippen LogP contribution in [0.2, 0.25) is 0 Å². The van der Waals surface area contributed by atoms with Crippen LogP contribution in [0.3, 0.4) is 0 Å². The third-order valence-electron chi connectivity index (χ3n) is 5.66. The van der Waals surface area contributed by atoms with E-state index in [2.05, 4.69) is 25.3 Å². The minimum Gasteiger partial charge on any atom is -0.756 e. The van der Waals surface area contributed by atoms with E-state index in [0.29, 0.717) is 12.3 Å². The molecular weight excluding hydrogens is 464 g/mol. The molecule has 1 atom stereocenters. The molecule has 0 aromatic rings. The molecule has 1 unspecified atom stereocenters. The number of unbranched alkanes of at least 4 members (excludes halogenated alkanes) is 16. The van der Waals surface area contributed by atoms with Crippen molar-refractivity contribution in [1.82, 2.24) is 0 Å². The Hall–Kier alpha value is 0.346. The quantitative estimate of drug-likeness (QED) is 0.0969. The summed E-state index contributed by atoms with van der Waals surface area (Å²) in [6.45, 7) is 6.66. The molecule has 8 heteroatoms. The van der Waals surface area contributed by atoms with Gasteiger partial charge in [0.25, 0.3) is 7.82 Å². The van der Waals surface area contributed by atoms with Crippen molar-refractivity contribution in [2.75, 3.05) is 6.61 Å². The molecule has 6 nitrogen and oxygen atoms in total. The third-order valence-corrected chi connectivity index (χ3v) is 6.17. The maximum absolute atomic E-state index is 10.2. The van der Waals surface area contributed by atoms with Gasteiger partial charge in [0.15, 0.2) is 0 Å². The smallest absolute Gasteiger partial charge is 0.756 e. The Morgan fingerprint density at radius 3 is 1.50 bits per heavy atom. The molecule has 0 aromatic heterocycles. The van der Waals surface area contributed by atoms with Gasteiger partial charge in [0.1, 0.15) is 0 Å². The maximum atomic E-state index is 10.2. The Balaban J connectivity index is -0.000000598. The molecule has 1 N–H and O–H groups in total. The minimum atomic E-state index is -4.48. The zero-order valence-corrected chi connectivity index (χ0v) is 24.9. The van der Waals surface area contributed by atoms with E-state index in [-0.39, 0.29) is 36.1 Å². The minimum absolute atomic E-state index is 0. The first-order chi connectivity index (χ1) is 15.7. The number of hydrogen-bond acceptors (Lipinski definition) is 5. The number of carboxylic acid groups (broad SMARTS) is 1. The maximum Gasteiger partial charge on any atom is 2.00 e. The van der Waals surface area contributed by atoms with Crippen LogP contribution in [0.4, 0.5) is 0 Å². The molecule has 0 saturated carbocycles. The second-order valence-corrected chi connectivity index (χ2v) is 10.8. The Morgan fingerprint density at radius 2 is 1.15 bits per heavy atom. The zero-order valence-electron chi connectivity index (χ0n) is 22.6. The molecule has 0 saturated heterocycles. The number of carbonyl (C=O) groups excluding carboxylic acids is 1. The van der Waals surface area contributed by atoms with Crippen molar-refractivity contribution in [2.24, 2.45) is 5.92 Å². The molecule has 0 amide bonds. The van der Waals surface area contributed by atoms with Crippen molar-refractivity contribution < 1.29 is 28.8 Å². The monoisotopic (exact) mass is 516 g/mol. The van der Waals surface area contributed by atoms with Gasteiger partial charge in [-0.05, 0) is 25.2 Å². The predicted molar refractivity (Wildman–Crippen MR) is 139 cm³/mol. The van der Waals surface area contributed by atoms with Crippen LogP contribution >= 0.6 is 7.82 Å². The van der Waals surface area contributed by atoms with Gasteiger partial charge in [-0.1, -0.05) is 130 Å². The summed E-state index contributed by atoms with van der Waals surface area (Å²) in [5.41, 5.74) is 0. The van der Waals surface area contributed by atoms with Crippen molar-refractivity contribution in [3.8, 4) is 0 Å². The summed E-state index contributed by atoms with van der Waals surface area (Å²) in [4.78, 5) is 28.6. The average molecular weight is 517 g/mol. The molecule has 0 aliphatic rings. The fourth-order valence-corrected chi connectivity index (χ4v) is 4.01. The fourth-order valence-electron chi connectivity index (χ4n) is 3.65. The van der Waals surface area contributed by atoms with Crippen LogP contribution in [0.15, 0.2) is 0 Å². The van der Waals surface area contributed by atoms with Gasteiger partial charge in [-0.25, -0.2) is 0 Å². The van der Waals surface area contributed by atoms with Crippen LogP contribution in [-0.4, -0.2) is 40.5 Å². The summed E-state index contributed by atoms with van der Waals surface area (Å²) < 4.78 is 14.3. The molecule has 0 aromatic carbocycles. The third kappa shape index (κ3) is 42.5. The summed E-state index contributed by atoms with van der Waals surface area (Å²) in [6.07, 6.45) is 23.7. The van der Waals surface area contributed by atoms with Crippen molar-refractivity contribution >= 4 is 36.8 Å². The summed E-state index contributed by atoms with van der Waals surface area (Å²) in [5, 5.41) is 10.2. The van der Waals surface area contributed by atoms with Gasteiger partial charge in [0, 0.05) is 5.97 Å². The Kier molecular flexibility index (Phi) is 33.8. The second kappa shape index (κ2) is 29.6. The number of carbonyl (C=O) groups is 1. The van der Waals surface area contributed by atoms with Crippen LogP contribution in [0, 0.1) is 5.92 Å². The molecule has 0 fully saturated rings. The summed E-state index contributed by atoms with van der Waals surface area (Å²) in [7, 11) is -4.48. The number of phosphoric ester groups is 1. The molecule has 200 valence electrons.